The Kier molecular flexibility index (Phi) is 8.19. The Morgan fingerprint density at radius 1 is 1.14 bits per heavy atom. The third kappa shape index (κ3) is 6.44. The summed E-state index contributed by atoms with van der Waals surface area (Å²) in [6, 6.07) is 17.5. The van der Waals surface area contributed by atoms with Crippen molar-refractivity contribution >= 4 is 71.5 Å². The first kappa shape index (κ1) is 26.1. The lowest BCUT2D eigenvalue weighted by Gasteiger charge is -2.24. The highest BCUT2D eigenvalue weighted by Gasteiger charge is 2.38. The van der Waals surface area contributed by atoms with Gasteiger partial charge in [-0.1, -0.05) is 46.3 Å². The van der Waals surface area contributed by atoms with Crippen LogP contribution >= 0.6 is 31.9 Å². The molecule has 0 aromatic heterocycles. The van der Waals surface area contributed by atoms with E-state index in [0.717, 1.165) is 10.8 Å². The minimum Gasteiger partial charge on any atom is -0.448 e. The van der Waals surface area contributed by atoms with Crippen LogP contribution < -0.4 is 10.0 Å². The molecule has 1 heterocycles. The standard InChI is InChI=1S/C23H24BBr2N3O5S/c1-24(31)29-13-19(28-35(32,33)22-11-17(25)7-9-21(22)26)12-20(29)14-34-23(30)27-18-8-6-15-4-2-3-5-16(15)10-18/h2-11,19-20,28,31H,12-14H2,1H3,(H,27,30)/t19-,20-/m1/s1. The topological polar surface area (TPSA) is 108 Å². The molecule has 8 nitrogen and oxygen atoms in total. The van der Waals surface area contributed by atoms with Gasteiger partial charge in [0.05, 0.1) is 4.90 Å². The predicted octanol–water partition coefficient (Wildman–Crippen LogP) is 4.45. The molecule has 3 aromatic carbocycles. The number of hydrogen-bond acceptors (Lipinski definition) is 6. The van der Waals surface area contributed by atoms with Crippen molar-refractivity contribution in [2.75, 3.05) is 18.5 Å². The third-order valence-corrected chi connectivity index (χ3v) is 8.85. The molecule has 1 aliphatic rings. The molecule has 0 spiro atoms. The van der Waals surface area contributed by atoms with Crippen molar-refractivity contribution in [3.05, 3.63) is 69.6 Å². The van der Waals surface area contributed by atoms with Crippen LogP contribution in [0, 0.1) is 0 Å². The maximum atomic E-state index is 13.0. The molecule has 1 amide bonds. The molecule has 184 valence electrons. The van der Waals surface area contributed by atoms with Crippen LogP contribution in [0.5, 0.6) is 0 Å². The van der Waals surface area contributed by atoms with Crippen molar-refractivity contribution in [1.29, 1.82) is 0 Å². The van der Waals surface area contributed by atoms with Crippen LogP contribution in [-0.2, 0) is 14.8 Å². The monoisotopic (exact) mass is 623 g/mol. The summed E-state index contributed by atoms with van der Waals surface area (Å²) in [6.45, 7) is 1.88. The zero-order valence-electron chi connectivity index (χ0n) is 18.8. The number of nitrogens with zero attached hydrogens (tertiary/aromatic N) is 1. The first-order valence-corrected chi connectivity index (χ1v) is 14.0. The summed E-state index contributed by atoms with van der Waals surface area (Å²) in [4.78, 5) is 14.2. The quantitative estimate of drug-likeness (QED) is 0.336. The smallest absolute Gasteiger partial charge is 0.411 e. The van der Waals surface area contributed by atoms with E-state index >= 15 is 0 Å². The molecule has 12 heteroatoms. The average molecular weight is 625 g/mol. The van der Waals surface area contributed by atoms with Gasteiger partial charge in [0, 0.05) is 33.3 Å². The van der Waals surface area contributed by atoms with E-state index in [1.54, 1.807) is 29.8 Å². The molecule has 0 radical (unpaired) electrons. The Balaban J connectivity index is 1.38. The Morgan fingerprint density at radius 2 is 1.89 bits per heavy atom. The number of carbonyl (C=O) groups excluding carboxylic acids is 1. The molecule has 1 fully saturated rings. The van der Waals surface area contributed by atoms with Crippen molar-refractivity contribution < 1.29 is 23.0 Å². The fourth-order valence-corrected chi connectivity index (χ4v) is 6.95. The number of anilines is 1. The van der Waals surface area contributed by atoms with Crippen LogP contribution in [0.25, 0.3) is 10.8 Å². The summed E-state index contributed by atoms with van der Waals surface area (Å²) in [7, 11) is -4.65. The van der Waals surface area contributed by atoms with Crippen LogP contribution in [0.3, 0.4) is 0 Å². The third-order valence-electron chi connectivity index (χ3n) is 5.84. The Bertz CT molecular complexity index is 1340. The number of benzene rings is 3. The highest BCUT2D eigenvalue weighted by Crippen LogP contribution is 2.27. The lowest BCUT2D eigenvalue weighted by molar-refractivity contribution is 0.135. The lowest BCUT2D eigenvalue weighted by atomic mass is 9.84. The highest BCUT2D eigenvalue weighted by atomic mass is 79.9. The number of ether oxygens (including phenoxy) is 1. The molecular weight excluding hydrogens is 601 g/mol. The van der Waals surface area contributed by atoms with Crippen LogP contribution in [0.1, 0.15) is 6.42 Å². The minimum atomic E-state index is -3.81. The van der Waals surface area contributed by atoms with Crippen molar-refractivity contribution in [2.24, 2.45) is 0 Å². The van der Waals surface area contributed by atoms with Gasteiger partial charge in [0.15, 0.2) is 0 Å². The van der Waals surface area contributed by atoms with E-state index in [9.17, 15) is 18.2 Å². The number of carbonyl (C=O) groups is 1. The van der Waals surface area contributed by atoms with Crippen molar-refractivity contribution in [2.45, 2.75) is 30.2 Å². The van der Waals surface area contributed by atoms with Gasteiger partial charge in [0.2, 0.25) is 10.0 Å². The number of nitrogens with one attached hydrogen (secondary N) is 2. The van der Waals surface area contributed by atoms with E-state index in [0.29, 0.717) is 21.1 Å². The van der Waals surface area contributed by atoms with Crippen molar-refractivity contribution in [1.82, 2.24) is 9.53 Å². The molecule has 0 unspecified atom stereocenters. The Labute approximate surface area is 221 Å². The summed E-state index contributed by atoms with van der Waals surface area (Å²) in [5.74, 6) is 0. The van der Waals surface area contributed by atoms with Crippen LogP contribution in [0.15, 0.2) is 74.5 Å². The van der Waals surface area contributed by atoms with Crippen molar-refractivity contribution in [3.63, 3.8) is 0 Å². The molecule has 35 heavy (non-hydrogen) atoms. The number of halogens is 2. The van der Waals surface area contributed by atoms with E-state index < -0.39 is 29.2 Å². The summed E-state index contributed by atoms with van der Waals surface area (Å²) in [5.41, 5.74) is 0.609. The van der Waals surface area contributed by atoms with E-state index in [1.807, 2.05) is 36.4 Å². The van der Waals surface area contributed by atoms with Gasteiger partial charge in [0.1, 0.15) is 6.61 Å². The second-order valence-corrected chi connectivity index (χ2v) is 11.8. The van der Waals surface area contributed by atoms with Crippen LogP contribution in [0.4, 0.5) is 10.5 Å². The Morgan fingerprint density at radius 3 is 2.63 bits per heavy atom. The first-order chi connectivity index (χ1) is 16.6. The summed E-state index contributed by atoms with van der Waals surface area (Å²) in [5, 5.41) is 15.0. The van der Waals surface area contributed by atoms with Gasteiger partial charge in [-0.15, -0.1) is 0 Å². The van der Waals surface area contributed by atoms with Gasteiger partial charge in [-0.2, -0.15) is 0 Å². The normalized spacial score (nSPS) is 18.5. The molecule has 0 bridgehead atoms. The first-order valence-electron chi connectivity index (χ1n) is 11.0. The summed E-state index contributed by atoms with van der Waals surface area (Å²) in [6.07, 6.45) is -0.244. The molecule has 1 saturated heterocycles. The summed E-state index contributed by atoms with van der Waals surface area (Å²) < 4.78 is 35.2. The molecule has 1 aliphatic heterocycles. The zero-order chi connectivity index (χ0) is 25.2. The number of sulfonamides is 1. The van der Waals surface area contributed by atoms with Gasteiger partial charge in [-0.05, 0) is 70.3 Å². The van der Waals surface area contributed by atoms with Crippen molar-refractivity contribution in [3.8, 4) is 0 Å². The van der Waals surface area contributed by atoms with Gasteiger partial charge in [-0.25, -0.2) is 17.9 Å². The highest BCUT2D eigenvalue weighted by molar-refractivity contribution is 9.11. The minimum absolute atomic E-state index is 0.00310. The number of hydrogen-bond donors (Lipinski definition) is 3. The zero-order valence-corrected chi connectivity index (χ0v) is 22.8. The van der Waals surface area contributed by atoms with Gasteiger partial charge >= 0.3 is 13.1 Å². The fraction of sp³-hybridized carbons (Fsp3) is 0.261. The molecular formula is C23H24BBr2N3O5S. The van der Waals surface area contributed by atoms with Crippen LogP contribution in [0.2, 0.25) is 6.82 Å². The Hall–Kier alpha value is -1.96. The molecule has 3 aromatic rings. The van der Waals surface area contributed by atoms with Gasteiger partial charge in [-0.3, -0.25) is 5.32 Å². The average Bonchev–Trinajstić information content (AvgIpc) is 3.21. The van der Waals surface area contributed by atoms with E-state index in [-0.39, 0.29) is 24.1 Å². The van der Waals surface area contributed by atoms with E-state index in [1.165, 1.54) is 6.07 Å². The second kappa shape index (κ2) is 11.0. The molecule has 0 saturated carbocycles. The second-order valence-electron chi connectivity index (χ2n) is 8.40. The maximum Gasteiger partial charge on any atom is 0.411 e. The number of fused-ring (bicyclic) bond motifs is 1. The maximum absolute atomic E-state index is 13.0. The molecule has 4 rings (SSSR count). The van der Waals surface area contributed by atoms with E-state index in [4.69, 9.17) is 4.74 Å². The molecule has 2 atom stereocenters. The predicted molar refractivity (Wildman–Crippen MR) is 144 cm³/mol. The van der Waals surface area contributed by atoms with Gasteiger partial charge in [0.25, 0.3) is 0 Å². The number of amides is 1. The van der Waals surface area contributed by atoms with E-state index in [2.05, 4.69) is 41.9 Å². The van der Waals surface area contributed by atoms with Gasteiger partial charge < -0.3 is 14.6 Å². The largest absolute Gasteiger partial charge is 0.448 e. The number of rotatable bonds is 7. The molecule has 3 N–H and O–H groups in total. The lowest BCUT2D eigenvalue weighted by Crippen LogP contribution is -2.44. The fourth-order valence-electron chi connectivity index (χ4n) is 4.21. The molecule has 0 aliphatic carbocycles. The summed E-state index contributed by atoms with van der Waals surface area (Å²) >= 11 is 6.59. The van der Waals surface area contributed by atoms with Crippen LogP contribution in [-0.4, -0.2) is 56.6 Å². The SMILES string of the molecule is CB(O)N1C[C@H](NS(=O)(=O)c2cc(Br)ccc2Br)C[C@@H]1COC(=O)Nc1ccc2ccccc2c1.